The standard InChI is InChI=1S/C17H20N2O4S/c1-12(23-16(21)14-8-5-10-22-14)15(20)19(17-18-9-11-24-17)13-6-3-2-4-7-13/h5,8-13H,2-4,6-7H2,1H3/t12-/m0/s1. The highest BCUT2D eigenvalue weighted by Crippen LogP contribution is 2.29. The molecule has 1 amide bonds. The number of aromatic nitrogens is 1. The van der Waals surface area contributed by atoms with E-state index in [0.717, 1.165) is 25.7 Å². The molecule has 7 heteroatoms. The number of esters is 1. The lowest BCUT2D eigenvalue weighted by molar-refractivity contribution is -0.127. The highest BCUT2D eigenvalue weighted by Gasteiger charge is 2.33. The van der Waals surface area contributed by atoms with E-state index >= 15 is 0 Å². The van der Waals surface area contributed by atoms with Crippen molar-refractivity contribution in [1.82, 2.24) is 4.98 Å². The van der Waals surface area contributed by atoms with Crippen LogP contribution in [0.5, 0.6) is 0 Å². The van der Waals surface area contributed by atoms with Gasteiger partial charge in [0.25, 0.3) is 5.91 Å². The predicted molar refractivity (Wildman–Crippen MR) is 90.1 cm³/mol. The maximum absolute atomic E-state index is 12.9. The van der Waals surface area contributed by atoms with Crippen molar-refractivity contribution in [3.63, 3.8) is 0 Å². The Morgan fingerprint density at radius 3 is 2.79 bits per heavy atom. The second-order valence-corrected chi connectivity index (χ2v) is 6.71. The fraction of sp³-hybridized carbons (Fsp3) is 0.471. The maximum Gasteiger partial charge on any atom is 0.374 e. The van der Waals surface area contributed by atoms with Gasteiger partial charge in [0.15, 0.2) is 11.2 Å². The molecule has 0 aromatic carbocycles. The third kappa shape index (κ3) is 3.67. The van der Waals surface area contributed by atoms with E-state index in [2.05, 4.69) is 4.98 Å². The third-order valence-electron chi connectivity index (χ3n) is 4.16. The van der Waals surface area contributed by atoms with Crippen molar-refractivity contribution in [2.75, 3.05) is 4.90 Å². The lowest BCUT2D eigenvalue weighted by atomic mass is 9.94. The van der Waals surface area contributed by atoms with Crippen molar-refractivity contribution in [2.24, 2.45) is 0 Å². The smallest absolute Gasteiger partial charge is 0.374 e. The van der Waals surface area contributed by atoms with Crippen molar-refractivity contribution in [3.8, 4) is 0 Å². The Bertz CT molecular complexity index is 663. The van der Waals surface area contributed by atoms with Gasteiger partial charge in [-0.25, -0.2) is 9.78 Å². The normalized spacial score (nSPS) is 16.5. The quantitative estimate of drug-likeness (QED) is 0.771. The molecule has 0 bridgehead atoms. The van der Waals surface area contributed by atoms with Gasteiger partial charge < -0.3 is 9.15 Å². The molecule has 6 nitrogen and oxygen atoms in total. The van der Waals surface area contributed by atoms with Gasteiger partial charge in [0, 0.05) is 17.6 Å². The summed E-state index contributed by atoms with van der Waals surface area (Å²) in [5.74, 6) is -0.784. The van der Waals surface area contributed by atoms with Gasteiger partial charge in [-0.3, -0.25) is 9.69 Å². The number of ether oxygens (including phenoxy) is 1. The van der Waals surface area contributed by atoms with E-state index in [4.69, 9.17) is 9.15 Å². The van der Waals surface area contributed by atoms with Crippen molar-refractivity contribution in [1.29, 1.82) is 0 Å². The van der Waals surface area contributed by atoms with E-state index in [1.165, 1.54) is 30.1 Å². The van der Waals surface area contributed by atoms with Gasteiger partial charge >= 0.3 is 5.97 Å². The molecule has 0 N–H and O–H groups in total. The summed E-state index contributed by atoms with van der Waals surface area (Å²) in [6, 6.07) is 3.23. The zero-order valence-corrected chi connectivity index (χ0v) is 14.3. The Morgan fingerprint density at radius 1 is 1.38 bits per heavy atom. The monoisotopic (exact) mass is 348 g/mol. The second-order valence-electron chi connectivity index (χ2n) is 5.84. The summed E-state index contributed by atoms with van der Waals surface area (Å²) in [4.78, 5) is 30.9. The number of rotatable bonds is 5. The number of amides is 1. The number of thiazole rings is 1. The first-order chi connectivity index (χ1) is 11.7. The van der Waals surface area contributed by atoms with Gasteiger partial charge in [-0.2, -0.15) is 0 Å². The second kappa shape index (κ2) is 7.61. The van der Waals surface area contributed by atoms with Crippen LogP contribution in [-0.4, -0.2) is 29.0 Å². The fourth-order valence-corrected chi connectivity index (χ4v) is 3.68. The molecule has 0 unspecified atom stereocenters. The van der Waals surface area contributed by atoms with Gasteiger partial charge in [0.05, 0.1) is 6.26 Å². The number of anilines is 1. The first-order valence-electron chi connectivity index (χ1n) is 8.14. The summed E-state index contributed by atoms with van der Waals surface area (Å²) < 4.78 is 10.3. The summed E-state index contributed by atoms with van der Waals surface area (Å²) in [7, 11) is 0. The molecule has 2 aromatic rings. The molecule has 1 aliphatic carbocycles. The average Bonchev–Trinajstić information content (AvgIpc) is 3.30. The van der Waals surface area contributed by atoms with Crippen molar-refractivity contribution in [3.05, 3.63) is 35.7 Å². The first-order valence-corrected chi connectivity index (χ1v) is 9.02. The van der Waals surface area contributed by atoms with Crippen molar-refractivity contribution >= 4 is 28.3 Å². The molecular formula is C17H20N2O4S. The Balaban J connectivity index is 1.74. The molecule has 0 saturated heterocycles. The van der Waals surface area contributed by atoms with Crippen molar-refractivity contribution < 1.29 is 18.7 Å². The number of carbonyl (C=O) groups excluding carboxylic acids is 2. The maximum atomic E-state index is 12.9. The molecule has 2 heterocycles. The number of carbonyl (C=O) groups is 2. The molecule has 1 atom stereocenters. The van der Waals surface area contributed by atoms with E-state index in [1.54, 1.807) is 24.1 Å². The summed E-state index contributed by atoms with van der Waals surface area (Å²) in [6.45, 7) is 1.59. The van der Waals surface area contributed by atoms with Gasteiger partial charge in [-0.1, -0.05) is 19.3 Å². The van der Waals surface area contributed by atoms with Crippen LogP contribution >= 0.6 is 11.3 Å². The molecule has 1 aliphatic rings. The number of hydrogen-bond acceptors (Lipinski definition) is 6. The Hall–Kier alpha value is -2.15. The van der Waals surface area contributed by atoms with E-state index in [9.17, 15) is 9.59 Å². The highest BCUT2D eigenvalue weighted by atomic mass is 32.1. The van der Waals surface area contributed by atoms with Crippen LogP contribution in [-0.2, 0) is 9.53 Å². The minimum Gasteiger partial charge on any atom is -0.457 e. The molecular weight excluding hydrogens is 328 g/mol. The molecule has 3 rings (SSSR count). The first kappa shape index (κ1) is 16.7. The van der Waals surface area contributed by atoms with Crippen LogP contribution in [0.2, 0.25) is 0 Å². The van der Waals surface area contributed by atoms with Crippen LogP contribution in [0.25, 0.3) is 0 Å². The van der Waals surface area contributed by atoms with E-state index in [0.29, 0.717) is 5.13 Å². The van der Waals surface area contributed by atoms with Crippen molar-refractivity contribution in [2.45, 2.75) is 51.2 Å². The van der Waals surface area contributed by atoms with Crippen LogP contribution in [0.15, 0.2) is 34.4 Å². The Labute approximate surface area is 144 Å². The summed E-state index contributed by atoms with van der Waals surface area (Å²) >= 11 is 1.42. The van der Waals surface area contributed by atoms with Gasteiger partial charge in [-0.05, 0) is 31.9 Å². The lowest BCUT2D eigenvalue weighted by Gasteiger charge is -2.33. The molecule has 0 radical (unpaired) electrons. The summed E-state index contributed by atoms with van der Waals surface area (Å²) in [6.07, 6.45) is 7.47. The summed E-state index contributed by atoms with van der Waals surface area (Å²) in [5, 5.41) is 2.51. The molecule has 1 saturated carbocycles. The number of furan rings is 1. The predicted octanol–water partition coefficient (Wildman–Crippen LogP) is 3.65. The Morgan fingerprint density at radius 2 is 2.17 bits per heavy atom. The molecule has 0 spiro atoms. The SMILES string of the molecule is C[C@H](OC(=O)c1ccco1)C(=O)N(c1nccs1)C1CCCCC1. The van der Waals surface area contributed by atoms with E-state index < -0.39 is 12.1 Å². The van der Waals surface area contributed by atoms with Crippen LogP contribution < -0.4 is 4.90 Å². The average molecular weight is 348 g/mol. The molecule has 1 fully saturated rings. The Kier molecular flexibility index (Phi) is 5.30. The fourth-order valence-electron chi connectivity index (χ4n) is 2.96. The molecule has 0 aliphatic heterocycles. The van der Waals surface area contributed by atoms with E-state index in [1.807, 2.05) is 5.38 Å². The van der Waals surface area contributed by atoms with Gasteiger partial charge in [-0.15, -0.1) is 11.3 Å². The lowest BCUT2D eigenvalue weighted by Crippen LogP contribution is -2.47. The van der Waals surface area contributed by atoms with Gasteiger partial charge in [0.2, 0.25) is 5.76 Å². The molecule has 2 aromatic heterocycles. The minimum atomic E-state index is -0.895. The largest absolute Gasteiger partial charge is 0.457 e. The third-order valence-corrected chi connectivity index (χ3v) is 4.93. The van der Waals surface area contributed by atoms with Crippen LogP contribution in [0.3, 0.4) is 0 Å². The highest BCUT2D eigenvalue weighted by molar-refractivity contribution is 7.13. The molecule has 24 heavy (non-hydrogen) atoms. The topological polar surface area (TPSA) is 72.6 Å². The van der Waals surface area contributed by atoms with E-state index in [-0.39, 0.29) is 17.7 Å². The van der Waals surface area contributed by atoms with Gasteiger partial charge in [0.1, 0.15) is 0 Å². The number of hydrogen-bond donors (Lipinski definition) is 0. The molecule has 128 valence electrons. The number of nitrogens with zero attached hydrogens (tertiary/aromatic N) is 2. The van der Waals surface area contributed by atoms with Crippen LogP contribution in [0.1, 0.15) is 49.6 Å². The van der Waals surface area contributed by atoms with Crippen LogP contribution in [0, 0.1) is 0 Å². The summed E-state index contributed by atoms with van der Waals surface area (Å²) in [5.41, 5.74) is 0. The van der Waals surface area contributed by atoms with Crippen LogP contribution in [0.4, 0.5) is 5.13 Å². The zero-order valence-electron chi connectivity index (χ0n) is 13.5. The minimum absolute atomic E-state index is 0.0908. The zero-order chi connectivity index (χ0) is 16.9.